The van der Waals surface area contributed by atoms with Gasteiger partial charge in [0.2, 0.25) is 0 Å². The number of hydrogen-bond donors (Lipinski definition) is 0. The van der Waals surface area contributed by atoms with Crippen LogP contribution in [0.5, 0.6) is 0 Å². The van der Waals surface area contributed by atoms with Crippen molar-refractivity contribution in [3.63, 3.8) is 0 Å². The van der Waals surface area contributed by atoms with Gasteiger partial charge in [0.25, 0.3) is 0 Å². The van der Waals surface area contributed by atoms with Gasteiger partial charge in [-0.3, -0.25) is 4.90 Å². The molecule has 0 aromatic heterocycles. The van der Waals surface area contributed by atoms with Gasteiger partial charge in [0, 0.05) is 38.1 Å². The molecule has 2 nitrogen and oxygen atoms in total. The average molecular weight is 239 g/mol. The Morgan fingerprint density at radius 2 is 2.00 bits per heavy atom. The second-order valence-electron chi connectivity index (χ2n) is 4.41. The highest BCUT2D eigenvalue weighted by Gasteiger charge is 2.25. The third-order valence-electron chi connectivity index (χ3n) is 3.25. The van der Waals surface area contributed by atoms with Crippen LogP contribution in [0.4, 0.5) is 0 Å². The van der Waals surface area contributed by atoms with Gasteiger partial charge in [-0.05, 0) is 12.6 Å². The lowest BCUT2D eigenvalue weighted by atomic mass is 10.0. The zero-order valence-corrected chi connectivity index (χ0v) is 10.5. The molecule has 0 aliphatic carbocycles. The Morgan fingerprint density at radius 3 is 2.69 bits per heavy atom. The number of nitrogens with zero attached hydrogens (tertiary/aromatic N) is 2. The zero-order valence-electron chi connectivity index (χ0n) is 9.77. The fraction of sp³-hybridized carbons (Fsp3) is 0.538. The van der Waals surface area contributed by atoms with E-state index in [4.69, 9.17) is 11.6 Å². The van der Waals surface area contributed by atoms with Gasteiger partial charge in [0.15, 0.2) is 0 Å². The van der Waals surface area contributed by atoms with E-state index in [2.05, 4.69) is 47.2 Å². The highest BCUT2D eigenvalue weighted by Crippen LogP contribution is 2.24. The van der Waals surface area contributed by atoms with Crippen molar-refractivity contribution in [2.45, 2.75) is 6.04 Å². The van der Waals surface area contributed by atoms with Gasteiger partial charge in [-0.1, -0.05) is 30.3 Å². The molecular formula is C13H19ClN2. The largest absolute Gasteiger partial charge is 0.303 e. The minimum absolute atomic E-state index is 0.499. The van der Waals surface area contributed by atoms with Gasteiger partial charge < -0.3 is 4.90 Å². The number of rotatable bonds is 3. The molecule has 1 aromatic rings. The molecule has 1 aliphatic rings. The summed E-state index contributed by atoms with van der Waals surface area (Å²) in [5.41, 5.74) is 1.40. The van der Waals surface area contributed by atoms with Gasteiger partial charge in [-0.25, -0.2) is 0 Å². The van der Waals surface area contributed by atoms with Crippen LogP contribution in [0.25, 0.3) is 0 Å². The molecule has 1 saturated heterocycles. The fourth-order valence-electron chi connectivity index (χ4n) is 2.32. The first-order chi connectivity index (χ1) is 7.81. The predicted octanol–water partition coefficient (Wildman–Crippen LogP) is 2.21. The van der Waals surface area contributed by atoms with E-state index in [9.17, 15) is 0 Å². The van der Waals surface area contributed by atoms with E-state index in [0.717, 1.165) is 26.2 Å². The number of benzene rings is 1. The van der Waals surface area contributed by atoms with E-state index in [0.29, 0.717) is 11.9 Å². The van der Waals surface area contributed by atoms with Gasteiger partial charge in [0.1, 0.15) is 0 Å². The van der Waals surface area contributed by atoms with E-state index in [1.54, 1.807) is 0 Å². The SMILES string of the molecule is CN1CCN(CCCl)C(c2ccccc2)C1. The standard InChI is InChI=1S/C13H19ClN2/c1-15-9-10-16(8-7-14)13(11-15)12-5-3-2-4-6-12/h2-6,13H,7-11H2,1H3. The summed E-state index contributed by atoms with van der Waals surface area (Å²) in [6, 6.07) is 11.2. The Labute approximate surface area is 103 Å². The summed E-state index contributed by atoms with van der Waals surface area (Å²) < 4.78 is 0. The van der Waals surface area contributed by atoms with Crippen molar-refractivity contribution in [3.05, 3.63) is 35.9 Å². The fourth-order valence-corrected chi connectivity index (χ4v) is 2.54. The van der Waals surface area contributed by atoms with Gasteiger partial charge in [0.05, 0.1) is 0 Å². The van der Waals surface area contributed by atoms with Gasteiger partial charge >= 0.3 is 0 Å². The maximum absolute atomic E-state index is 5.87. The van der Waals surface area contributed by atoms with E-state index in [1.165, 1.54) is 5.56 Å². The molecule has 0 radical (unpaired) electrons. The number of likely N-dealkylation sites (N-methyl/N-ethyl adjacent to an activating group) is 1. The van der Waals surface area contributed by atoms with E-state index in [1.807, 2.05) is 0 Å². The van der Waals surface area contributed by atoms with Crippen molar-refractivity contribution in [3.8, 4) is 0 Å². The van der Waals surface area contributed by atoms with Crippen LogP contribution in [0, 0.1) is 0 Å². The first kappa shape index (κ1) is 11.9. The number of piperazine rings is 1. The summed E-state index contributed by atoms with van der Waals surface area (Å²) in [6.45, 7) is 4.33. The molecule has 1 atom stereocenters. The second-order valence-corrected chi connectivity index (χ2v) is 4.79. The molecule has 1 fully saturated rings. The molecule has 1 aliphatic heterocycles. The van der Waals surface area contributed by atoms with Gasteiger partial charge in [-0.15, -0.1) is 11.6 Å². The maximum atomic E-state index is 5.87. The Kier molecular flexibility index (Phi) is 4.22. The van der Waals surface area contributed by atoms with Crippen molar-refractivity contribution >= 4 is 11.6 Å². The lowest BCUT2D eigenvalue weighted by Crippen LogP contribution is -2.47. The molecule has 0 N–H and O–H groups in total. The Balaban J connectivity index is 2.14. The van der Waals surface area contributed by atoms with Gasteiger partial charge in [-0.2, -0.15) is 0 Å². The Morgan fingerprint density at radius 1 is 1.25 bits per heavy atom. The van der Waals surface area contributed by atoms with Crippen LogP contribution in [-0.4, -0.2) is 48.9 Å². The van der Waals surface area contributed by atoms with Crippen LogP contribution in [-0.2, 0) is 0 Å². The third-order valence-corrected chi connectivity index (χ3v) is 3.42. The lowest BCUT2D eigenvalue weighted by molar-refractivity contribution is 0.0959. The Bertz CT molecular complexity index is 315. The minimum Gasteiger partial charge on any atom is -0.303 e. The highest BCUT2D eigenvalue weighted by molar-refractivity contribution is 6.18. The maximum Gasteiger partial charge on any atom is 0.0476 e. The minimum atomic E-state index is 0.499. The topological polar surface area (TPSA) is 6.48 Å². The van der Waals surface area contributed by atoms with Crippen molar-refractivity contribution in [2.24, 2.45) is 0 Å². The zero-order chi connectivity index (χ0) is 11.4. The van der Waals surface area contributed by atoms with Crippen LogP contribution in [0.1, 0.15) is 11.6 Å². The molecule has 16 heavy (non-hydrogen) atoms. The monoisotopic (exact) mass is 238 g/mol. The van der Waals surface area contributed by atoms with Crippen molar-refractivity contribution < 1.29 is 0 Å². The molecule has 1 heterocycles. The summed E-state index contributed by atoms with van der Waals surface area (Å²) in [6.07, 6.45) is 0. The van der Waals surface area contributed by atoms with Crippen LogP contribution >= 0.6 is 11.6 Å². The number of halogens is 1. The Hall–Kier alpha value is -0.570. The first-order valence-corrected chi connectivity index (χ1v) is 6.38. The molecule has 1 aromatic carbocycles. The van der Waals surface area contributed by atoms with Crippen molar-refractivity contribution in [1.82, 2.24) is 9.80 Å². The van der Waals surface area contributed by atoms with E-state index in [-0.39, 0.29) is 0 Å². The quantitative estimate of drug-likeness (QED) is 0.746. The molecule has 0 bridgehead atoms. The number of alkyl halides is 1. The van der Waals surface area contributed by atoms with Crippen LogP contribution in [0.2, 0.25) is 0 Å². The first-order valence-electron chi connectivity index (χ1n) is 5.85. The van der Waals surface area contributed by atoms with Crippen molar-refractivity contribution in [2.75, 3.05) is 39.1 Å². The van der Waals surface area contributed by atoms with Crippen LogP contribution in [0.3, 0.4) is 0 Å². The normalized spacial score (nSPS) is 23.5. The summed E-state index contributed by atoms with van der Waals surface area (Å²) in [7, 11) is 2.19. The van der Waals surface area contributed by atoms with E-state index >= 15 is 0 Å². The summed E-state index contributed by atoms with van der Waals surface area (Å²) >= 11 is 5.87. The van der Waals surface area contributed by atoms with Crippen LogP contribution in [0.15, 0.2) is 30.3 Å². The molecule has 2 rings (SSSR count). The molecule has 0 saturated carbocycles. The summed E-state index contributed by atoms with van der Waals surface area (Å²) in [5.74, 6) is 0.715. The predicted molar refractivity (Wildman–Crippen MR) is 69.0 cm³/mol. The lowest BCUT2D eigenvalue weighted by Gasteiger charge is -2.40. The average Bonchev–Trinajstić information content (AvgIpc) is 2.33. The van der Waals surface area contributed by atoms with Crippen molar-refractivity contribution in [1.29, 1.82) is 0 Å². The summed E-state index contributed by atoms with van der Waals surface area (Å²) in [4.78, 5) is 4.88. The highest BCUT2D eigenvalue weighted by atomic mass is 35.5. The van der Waals surface area contributed by atoms with Crippen LogP contribution < -0.4 is 0 Å². The molecule has 3 heteroatoms. The molecule has 1 unspecified atom stereocenters. The molecule has 0 amide bonds. The molecule has 0 spiro atoms. The number of hydrogen-bond acceptors (Lipinski definition) is 2. The summed E-state index contributed by atoms with van der Waals surface area (Å²) in [5, 5.41) is 0. The third kappa shape index (κ3) is 2.76. The molecular weight excluding hydrogens is 220 g/mol. The molecule has 88 valence electrons. The second kappa shape index (κ2) is 5.67. The van der Waals surface area contributed by atoms with E-state index < -0.39 is 0 Å². The smallest absolute Gasteiger partial charge is 0.0476 e.